The molecule has 0 aromatic heterocycles. The molecule has 4 aliphatic rings. The normalized spacial score (nSPS) is 34.1. The zero-order valence-corrected chi connectivity index (χ0v) is 31.1. The Morgan fingerprint density at radius 2 is 1.44 bits per heavy atom. The van der Waals surface area contributed by atoms with Gasteiger partial charge in [0.1, 0.15) is 0 Å². The van der Waals surface area contributed by atoms with Crippen LogP contribution in [0.15, 0.2) is 72.3 Å². The first kappa shape index (κ1) is 33.3. The molecule has 3 saturated carbocycles. The standard InChI is InChI=1S/C43H64OSi/c1-31(2)16-15-17-32(3)38-24-25-39-37-23-22-33-30-34(26-28-42(33,7)40(37)27-29-43(38,39)8)44-45(41(4,5)6,35-18-11-9-12-19-35)36-20-13-10-14-21-36/h9-14,18-22,31-32,34,37-40H,15-17,23-30H2,1-8H3/t32-,34+,37+,38-,39+,40+,42+,43-/m1/s1. The highest BCUT2D eigenvalue weighted by Crippen LogP contribution is 2.67. The average molecular weight is 625 g/mol. The maximum absolute atomic E-state index is 7.72. The van der Waals surface area contributed by atoms with Gasteiger partial charge in [0, 0.05) is 6.10 Å². The monoisotopic (exact) mass is 624 g/mol. The van der Waals surface area contributed by atoms with Crippen molar-refractivity contribution >= 4 is 18.7 Å². The third kappa shape index (κ3) is 5.88. The van der Waals surface area contributed by atoms with Gasteiger partial charge in [-0.3, -0.25) is 0 Å². The summed E-state index contributed by atoms with van der Waals surface area (Å²) in [5, 5.41) is 2.85. The zero-order valence-electron chi connectivity index (χ0n) is 30.1. The van der Waals surface area contributed by atoms with E-state index in [1.54, 1.807) is 5.57 Å². The van der Waals surface area contributed by atoms with Gasteiger partial charge < -0.3 is 4.43 Å². The van der Waals surface area contributed by atoms with E-state index in [1.165, 1.54) is 74.6 Å². The summed E-state index contributed by atoms with van der Waals surface area (Å²) in [4.78, 5) is 0. The SMILES string of the molecule is CC(C)CCC[C@@H](C)[C@H]1CC[C@H]2[C@@H]3CC=C4C[C@@H](O[Si](c5ccccc5)(c5ccccc5)C(C)(C)C)CC[C@]4(C)[C@H]3CC[C@]12C. The molecule has 0 saturated heterocycles. The van der Waals surface area contributed by atoms with E-state index in [9.17, 15) is 0 Å². The molecule has 0 N–H and O–H groups in total. The molecule has 2 heteroatoms. The van der Waals surface area contributed by atoms with Crippen LogP contribution in [0.3, 0.4) is 0 Å². The maximum Gasteiger partial charge on any atom is 0.261 e. The molecule has 0 heterocycles. The van der Waals surface area contributed by atoms with Crippen LogP contribution in [0.1, 0.15) is 126 Å². The van der Waals surface area contributed by atoms with Crippen molar-refractivity contribution in [2.75, 3.05) is 0 Å². The molecule has 8 atom stereocenters. The molecule has 1 nitrogen and oxygen atoms in total. The van der Waals surface area contributed by atoms with Gasteiger partial charge in [-0.2, -0.15) is 0 Å². The molecule has 45 heavy (non-hydrogen) atoms. The molecule has 0 radical (unpaired) electrons. The molecule has 0 spiro atoms. The van der Waals surface area contributed by atoms with Crippen LogP contribution >= 0.6 is 0 Å². The fourth-order valence-corrected chi connectivity index (χ4v) is 16.4. The number of rotatable bonds is 9. The predicted octanol–water partition coefficient (Wildman–Crippen LogP) is 11.0. The van der Waals surface area contributed by atoms with Gasteiger partial charge in [-0.15, -0.1) is 0 Å². The van der Waals surface area contributed by atoms with Crippen molar-refractivity contribution < 1.29 is 4.43 Å². The number of hydrogen-bond acceptors (Lipinski definition) is 1. The number of hydrogen-bond donors (Lipinski definition) is 0. The number of benzene rings is 2. The van der Waals surface area contributed by atoms with E-state index in [4.69, 9.17) is 4.43 Å². The van der Waals surface area contributed by atoms with Crippen LogP contribution in [0.2, 0.25) is 5.04 Å². The van der Waals surface area contributed by atoms with E-state index in [0.29, 0.717) is 16.9 Å². The molecular weight excluding hydrogens is 561 g/mol. The summed E-state index contributed by atoms with van der Waals surface area (Å²) < 4.78 is 7.72. The first-order valence-corrected chi connectivity index (χ1v) is 20.8. The third-order valence-electron chi connectivity index (χ3n) is 14.0. The largest absolute Gasteiger partial charge is 0.404 e. The van der Waals surface area contributed by atoms with E-state index in [0.717, 1.165) is 41.9 Å². The summed E-state index contributed by atoms with van der Waals surface area (Å²) in [6.45, 7) is 20.1. The van der Waals surface area contributed by atoms with Gasteiger partial charge in [0.2, 0.25) is 0 Å². The number of fused-ring (bicyclic) bond motifs is 5. The highest BCUT2D eigenvalue weighted by atomic mass is 28.4. The molecule has 3 fully saturated rings. The van der Waals surface area contributed by atoms with Crippen LogP contribution in [0, 0.1) is 46.3 Å². The van der Waals surface area contributed by atoms with Crippen molar-refractivity contribution in [2.45, 2.75) is 137 Å². The van der Waals surface area contributed by atoms with Gasteiger partial charge >= 0.3 is 0 Å². The fraction of sp³-hybridized carbons (Fsp3) is 0.674. The van der Waals surface area contributed by atoms with Crippen LogP contribution in [0.25, 0.3) is 0 Å². The van der Waals surface area contributed by atoms with Crippen molar-refractivity contribution in [2.24, 2.45) is 46.3 Å². The first-order valence-electron chi connectivity index (χ1n) is 18.9. The molecule has 0 amide bonds. The summed E-state index contributed by atoms with van der Waals surface area (Å²) in [5.74, 6) is 5.33. The quantitative estimate of drug-likeness (QED) is 0.199. The van der Waals surface area contributed by atoms with Crippen LogP contribution in [-0.4, -0.2) is 14.4 Å². The van der Waals surface area contributed by atoms with Crippen molar-refractivity contribution in [1.29, 1.82) is 0 Å². The molecule has 4 aliphatic carbocycles. The van der Waals surface area contributed by atoms with E-state index in [-0.39, 0.29) is 5.04 Å². The molecule has 2 aromatic carbocycles. The Labute approximate surface area is 278 Å². The van der Waals surface area contributed by atoms with Gasteiger partial charge in [-0.05, 0) is 113 Å². The van der Waals surface area contributed by atoms with E-state index < -0.39 is 8.32 Å². The van der Waals surface area contributed by atoms with Crippen molar-refractivity contribution in [3.05, 3.63) is 72.3 Å². The van der Waals surface area contributed by atoms with Crippen molar-refractivity contribution in [3.63, 3.8) is 0 Å². The second-order valence-corrected chi connectivity index (χ2v) is 22.2. The lowest BCUT2D eigenvalue weighted by Crippen LogP contribution is -2.68. The van der Waals surface area contributed by atoms with E-state index >= 15 is 0 Å². The lowest BCUT2D eigenvalue weighted by Gasteiger charge is -2.59. The summed E-state index contributed by atoms with van der Waals surface area (Å²) in [7, 11) is -2.54. The Bertz CT molecular complexity index is 1270. The summed E-state index contributed by atoms with van der Waals surface area (Å²) in [6, 6.07) is 22.6. The van der Waals surface area contributed by atoms with Gasteiger partial charge in [-0.25, -0.2) is 0 Å². The van der Waals surface area contributed by atoms with Crippen LogP contribution in [0.5, 0.6) is 0 Å². The minimum Gasteiger partial charge on any atom is -0.404 e. The molecule has 2 aromatic rings. The topological polar surface area (TPSA) is 9.23 Å². The maximum atomic E-state index is 7.72. The Morgan fingerprint density at radius 3 is 2.04 bits per heavy atom. The predicted molar refractivity (Wildman–Crippen MR) is 196 cm³/mol. The van der Waals surface area contributed by atoms with Crippen molar-refractivity contribution in [1.82, 2.24) is 0 Å². The van der Waals surface area contributed by atoms with Crippen LogP contribution < -0.4 is 10.4 Å². The van der Waals surface area contributed by atoms with Crippen molar-refractivity contribution in [3.8, 4) is 0 Å². The van der Waals surface area contributed by atoms with Gasteiger partial charge in [0.15, 0.2) is 0 Å². The lowest BCUT2D eigenvalue weighted by atomic mass is 9.47. The van der Waals surface area contributed by atoms with Gasteiger partial charge in [0.05, 0.1) is 0 Å². The zero-order chi connectivity index (χ0) is 32.0. The fourth-order valence-electron chi connectivity index (χ4n) is 11.7. The summed E-state index contributed by atoms with van der Waals surface area (Å²) in [5.41, 5.74) is 2.67. The average Bonchev–Trinajstić information content (AvgIpc) is 3.37. The van der Waals surface area contributed by atoms with Gasteiger partial charge in [-0.1, -0.05) is 147 Å². The molecule has 0 aliphatic heterocycles. The number of allylic oxidation sites excluding steroid dienone is 1. The minimum atomic E-state index is -2.54. The second kappa shape index (κ2) is 12.8. The first-order chi connectivity index (χ1) is 21.4. The molecule has 0 bridgehead atoms. The smallest absolute Gasteiger partial charge is 0.261 e. The molecule has 246 valence electrons. The molecule has 6 rings (SSSR count). The highest BCUT2D eigenvalue weighted by Gasteiger charge is 2.60. The molecule has 0 unspecified atom stereocenters. The van der Waals surface area contributed by atoms with E-state index in [2.05, 4.69) is 122 Å². The van der Waals surface area contributed by atoms with Gasteiger partial charge in [0.25, 0.3) is 8.32 Å². The Hall–Kier alpha value is -1.64. The summed E-state index contributed by atoms with van der Waals surface area (Å²) >= 11 is 0. The second-order valence-electron chi connectivity index (χ2n) is 17.9. The van der Waals surface area contributed by atoms with Crippen LogP contribution in [0.4, 0.5) is 0 Å². The molecular formula is C43H64OSi. The van der Waals surface area contributed by atoms with Crippen LogP contribution in [-0.2, 0) is 4.43 Å². The van der Waals surface area contributed by atoms with E-state index in [1.807, 2.05) is 0 Å². The Balaban J connectivity index is 1.23. The lowest BCUT2D eigenvalue weighted by molar-refractivity contribution is -0.0563. The highest BCUT2D eigenvalue weighted by molar-refractivity contribution is 6.99. The third-order valence-corrected chi connectivity index (χ3v) is 19.1. The minimum absolute atomic E-state index is 0.0290. The Morgan fingerprint density at radius 1 is 0.800 bits per heavy atom. The Kier molecular flexibility index (Phi) is 9.43. The summed E-state index contributed by atoms with van der Waals surface area (Å²) in [6.07, 6.45) is 18.1.